The summed E-state index contributed by atoms with van der Waals surface area (Å²) >= 11 is 0. The number of hydrogen-bond donors (Lipinski definition) is 2. The largest absolute Gasteiger partial charge is 0.341 e. The highest BCUT2D eigenvalue weighted by molar-refractivity contribution is 7.91. The first kappa shape index (κ1) is 15.8. The van der Waals surface area contributed by atoms with Crippen LogP contribution in [0.5, 0.6) is 0 Å². The zero-order valence-electron chi connectivity index (χ0n) is 11.2. The predicted molar refractivity (Wildman–Crippen MR) is 73.9 cm³/mol. The fourth-order valence-electron chi connectivity index (χ4n) is 1.77. The minimum absolute atomic E-state index is 0.0995. The van der Waals surface area contributed by atoms with Crippen molar-refractivity contribution >= 4 is 21.4 Å². The molecule has 1 aromatic carbocycles. The van der Waals surface area contributed by atoms with E-state index < -0.39 is 20.5 Å². The van der Waals surface area contributed by atoms with Crippen LogP contribution in [0.3, 0.4) is 0 Å². The molecule has 1 amide bonds. The number of nitrogens with one attached hydrogen (secondary N) is 2. The summed E-state index contributed by atoms with van der Waals surface area (Å²) in [5.41, 5.74) is 0.176. The minimum atomic E-state index is -4.66. The maximum atomic E-state index is 12.5. The van der Waals surface area contributed by atoms with Crippen molar-refractivity contribution in [2.24, 2.45) is 5.92 Å². The summed E-state index contributed by atoms with van der Waals surface area (Å²) in [7, 11) is -4.66. The van der Waals surface area contributed by atoms with Gasteiger partial charge < -0.3 is 10.6 Å². The Labute approximate surface area is 121 Å². The van der Waals surface area contributed by atoms with Gasteiger partial charge in [0.05, 0.1) is 11.4 Å². The molecular formula is C13H16F2N2O3S. The van der Waals surface area contributed by atoms with Crippen molar-refractivity contribution in [1.29, 1.82) is 0 Å². The molecule has 5 nitrogen and oxygen atoms in total. The second-order valence-electron chi connectivity index (χ2n) is 4.96. The summed E-state index contributed by atoms with van der Waals surface area (Å²) in [5, 5.41) is 5.46. The first-order valence-electron chi connectivity index (χ1n) is 6.52. The first-order chi connectivity index (χ1) is 9.89. The lowest BCUT2D eigenvalue weighted by molar-refractivity contribution is -0.115. The number of anilines is 1. The molecule has 0 bridgehead atoms. The number of hydrogen-bond acceptors (Lipinski definition) is 4. The number of amides is 1. The number of sulfone groups is 1. The minimum Gasteiger partial charge on any atom is -0.325 e. The molecule has 0 aliphatic heterocycles. The quantitative estimate of drug-likeness (QED) is 0.801. The van der Waals surface area contributed by atoms with E-state index in [0.29, 0.717) is 5.92 Å². The highest BCUT2D eigenvalue weighted by atomic mass is 32.2. The Morgan fingerprint density at radius 1 is 1.33 bits per heavy atom. The molecule has 8 heteroatoms. The van der Waals surface area contributed by atoms with Crippen molar-refractivity contribution in [2.75, 3.05) is 18.4 Å². The van der Waals surface area contributed by atoms with Gasteiger partial charge in [0.25, 0.3) is 0 Å². The molecular weight excluding hydrogens is 302 g/mol. The van der Waals surface area contributed by atoms with E-state index in [4.69, 9.17) is 0 Å². The van der Waals surface area contributed by atoms with Gasteiger partial charge in [-0.2, -0.15) is 8.78 Å². The van der Waals surface area contributed by atoms with Gasteiger partial charge in [0.1, 0.15) is 0 Å². The van der Waals surface area contributed by atoms with Gasteiger partial charge in [-0.3, -0.25) is 4.79 Å². The third kappa shape index (κ3) is 4.47. The number of carbonyl (C=O) groups excluding carboxylic acids is 1. The van der Waals surface area contributed by atoms with Gasteiger partial charge in [-0.1, -0.05) is 6.07 Å². The van der Waals surface area contributed by atoms with Gasteiger partial charge in [-0.05, 0) is 43.5 Å². The molecule has 0 spiro atoms. The smallest absolute Gasteiger partial charge is 0.325 e. The highest BCUT2D eigenvalue weighted by Crippen LogP contribution is 2.27. The maximum Gasteiger partial charge on any atom is 0.341 e. The third-order valence-electron chi connectivity index (χ3n) is 3.10. The van der Waals surface area contributed by atoms with E-state index in [1.165, 1.54) is 25.0 Å². The van der Waals surface area contributed by atoms with Crippen LogP contribution in [0.25, 0.3) is 0 Å². The SMILES string of the molecule is O=C(CNCC1CC1)Nc1cccc(S(=O)(=O)C(F)F)c1. The average molecular weight is 318 g/mol. The maximum absolute atomic E-state index is 12.5. The molecule has 21 heavy (non-hydrogen) atoms. The molecule has 2 N–H and O–H groups in total. The molecule has 1 aliphatic rings. The average Bonchev–Trinajstić information content (AvgIpc) is 3.23. The van der Waals surface area contributed by atoms with Crippen molar-refractivity contribution in [2.45, 2.75) is 23.5 Å². The zero-order valence-corrected chi connectivity index (χ0v) is 12.0. The Morgan fingerprint density at radius 3 is 2.67 bits per heavy atom. The Hall–Kier alpha value is -1.54. The van der Waals surface area contributed by atoms with Crippen LogP contribution < -0.4 is 10.6 Å². The van der Waals surface area contributed by atoms with Crippen LogP contribution >= 0.6 is 0 Å². The van der Waals surface area contributed by atoms with Crippen LogP contribution in [0.2, 0.25) is 0 Å². The Bertz CT molecular complexity index is 616. The molecule has 1 aliphatic carbocycles. The number of halogens is 2. The molecule has 116 valence electrons. The molecule has 0 saturated heterocycles. The van der Waals surface area contributed by atoms with Crippen molar-refractivity contribution < 1.29 is 22.0 Å². The van der Waals surface area contributed by atoms with Gasteiger partial charge in [0.15, 0.2) is 0 Å². The van der Waals surface area contributed by atoms with E-state index in [9.17, 15) is 22.0 Å². The lowest BCUT2D eigenvalue weighted by Crippen LogP contribution is -2.29. The summed E-state index contributed by atoms with van der Waals surface area (Å²) in [4.78, 5) is 11.1. The summed E-state index contributed by atoms with van der Waals surface area (Å²) in [6, 6.07) is 4.86. The van der Waals surface area contributed by atoms with Crippen molar-refractivity contribution in [3.05, 3.63) is 24.3 Å². The van der Waals surface area contributed by atoms with Crippen LogP contribution in [0.15, 0.2) is 29.2 Å². The second kappa shape index (κ2) is 6.48. The van der Waals surface area contributed by atoms with Crippen LogP contribution in [0.1, 0.15) is 12.8 Å². The lowest BCUT2D eigenvalue weighted by Gasteiger charge is -2.08. The molecule has 0 aromatic heterocycles. The van der Waals surface area contributed by atoms with E-state index in [1.807, 2.05) is 0 Å². The molecule has 1 aromatic rings. The fourth-order valence-corrected chi connectivity index (χ4v) is 2.54. The van der Waals surface area contributed by atoms with Crippen LogP contribution in [0.4, 0.5) is 14.5 Å². The van der Waals surface area contributed by atoms with Gasteiger partial charge in [-0.15, -0.1) is 0 Å². The fraction of sp³-hybridized carbons (Fsp3) is 0.462. The van der Waals surface area contributed by atoms with Crippen molar-refractivity contribution in [1.82, 2.24) is 5.32 Å². The normalized spacial score (nSPS) is 15.2. The van der Waals surface area contributed by atoms with E-state index in [2.05, 4.69) is 10.6 Å². The van der Waals surface area contributed by atoms with Gasteiger partial charge >= 0.3 is 5.76 Å². The van der Waals surface area contributed by atoms with Crippen LogP contribution in [-0.2, 0) is 14.6 Å². The van der Waals surface area contributed by atoms with E-state index in [1.54, 1.807) is 0 Å². The molecule has 0 heterocycles. The predicted octanol–water partition coefficient (Wildman–Crippen LogP) is 1.62. The molecule has 2 rings (SSSR count). The van der Waals surface area contributed by atoms with Gasteiger partial charge in [0.2, 0.25) is 15.7 Å². The summed E-state index contributed by atoms with van der Waals surface area (Å²) in [6.45, 7) is 0.871. The molecule has 0 unspecified atom stereocenters. The molecule has 0 radical (unpaired) electrons. The summed E-state index contributed by atoms with van der Waals surface area (Å²) in [5.74, 6) is -3.19. The highest BCUT2D eigenvalue weighted by Gasteiger charge is 2.26. The molecule has 0 atom stereocenters. The van der Waals surface area contributed by atoms with E-state index in [0.717, 1.165) is 18.7 Å². The Balaban J connectivity index is 1.95. The van der Waals surface area contributed by atoms with Gasteiger partial charge in [-0.25, -0.2) is 8.42 Å². The van der Waals surface area contributed by atoms with Crippen LogP contribution in [0, 0.1) is 5.92 Å². The monoisotopic (exact) mass is 318 g/mol. The topological polar surface area (TPSA) is 75.3 Å². The number of benzene rings is 1. The second-order valence-corrected chi connectivity index (χ2v) is 6.87. The Morgan fingerprint density at radius 2 is 2.05 bits per heavy atom. The first-order valence-corrected chi connectivity index (χ1v) is 8.07. The standard InChI is InChI=1S/C13H16F2N2O3S/c14-13(15)21(19,20)11-3-1-2-10(6-11)17-12(18)8-16-7-9-4-5-9/h1-3,6,9,13,16H,4-5,7-8H2,(H,17,18). The van der Waals surface area contributed by atoms with E-state index in [-0.39, 0.29) is 18.1 Å². The van der Waals surface area contributed by atoms with Gasteiger partial charge in [0, 0.05) is 5.69 Å². The number of alkyl halides is 2. The molecule has 1 fully saturated rings. The zero-order chi connectivity index (χ0) is 15.5. The van der Waals surface area contributed by atoms with Crippen LogP contribution in [-0.4, -0.2) is 33.2 Å². The van der Waals surface area contributed by atoms with Crippen molar-refractivity contribution in [3.63, 3.8) is 0 Å². The number of carbonyl (C=O) groups is 1. The number of rotatable bonds is 7. The summed E-state index contributed by atoms with van der Waals surface area (Å²) < 4.78 is 47.6. The van der Waals surface area contributed by atoms with Crippen molar-refractivity contribution in [3.8, 4) is 0 Å². The Kier molecular flexibility index (Phi) is 4.89. The van der Waals surface area contributed by atoms with E-state index >= 15 is 0 Å². The third-order valence-corrected chi connectivity index (χ3v) is 4.48. The molecule has 1 saturated carbocycles. The lowest BCUT2D eigenvalue weighted by atomic mass is 10.3. The summed E-state index contributed by atoms with van der Waals surface area (Å²) in [6.07, 6.45) is 2.34.